The average molecular weight is 176 g/mol. The predicted octanol–water partition coefficient (Wildman–Crippen LogP) is 1.39. The molecule has 0 aliphatic heterocycles. The first-order valence-corrected chi connectivity index (χ1v) is 4.25. The molecule has 0 saturated carbocycles. The highest BCUT2D eigenvalue weighted by Gasteiger charge is 2.09. The highest BCUT2D eigenvalue weighted by molar-refractivity contribution is 5.77. The number of hydrogen-bond acceptors (Lipinski definition) is 3. The third-order valence-electron chi connectivity index (χ3n) is 2.06. The molecule has 0 amide bonds. The van der Waals surface area contributed by atoms with E-state index in [1.165, 1.54) is 0 Å². The van der Waals surface area contributed by atoms with E-state index in [0.717, 1.165) is 16.7 Å². The van der Waals surface area contributed by atoms with Crippen LogP contribution in [0.2, 0.25) is 0 Å². The Morgan fingerprint density at radius 1 is 1.31 bits per heavy atom. The summed E-state index contributed by atoms with van der Waals surface area (Å²) in [5.74, 6) is 0.753. The van der Waals surface area contributed by atoms with E-state index in [1.807, 2.05) is 30.3 Å². The number of rotatable bonds is 2. The van der Waals surface area contributed by atoms with Crippen molar-refractivity contribution in [1.29, 1.82) is 0 Å². The summed E-state index contributed by atoms with van der Waals surface area (Å²) in [6, 6.07) is 9.55. The lowest BCUT2D eigenvalue weighted by Crippen LogP contribution is -2.19. The molecule has 0 saturated heterocycles. The summed E-state index contributed by atoms with van der Waals surface area (Å²) in [6.45, 7) is 0.403. The molecule has 68 valence electrons. The molecule has 0 aliphatic rings. The Kier molecular flexibility index (Phi) is 2.04. The van der Waals surface area contributed by atoms with E-state index >= 15 is 0 Å². The van der Waals surface area contributed by atoms with Crippen molar-refractivity contribution < 1.29 is 4.42 Å². The zero-order chi connectivity index (χ0) is 9.26. The zero-order valence-corrected chi connectivity index (χ0v) is 7.23. The lowest BCUT2D eigenvalue weighted by molar-refractivity contribution is 0.500. The van der Waals surface area contributed by atoms with Gasteiger partial charge in [0.1, 0.15) is 11.3 Å². The number of benzene rings is 1. The van der Waals surface area contributed by atoms with Gasteiger partial charge in [0.2, 0.25) is 0 Å². The summed E-state index contributed by atoms with van der Waals surface area (Å²) >= 11 is 0. The molecule has 0 spiro atoms. The van der Waals surface area contributed by atoms with Crippen molar-refractivity contribution in [3.8, 4) is 0 Å². The molecule has 0 fully saturated rings. The Morgan fingerprint density at radius 3 is 2.77 bits per heavy atom. The summed E-state index contributed by atoms with van der Waals surface area (Å²) in [6.07, 6.45) is 0. The predicted molar refractivity (Wildman–Crippen MR) is 52.2 cm³/mol. The fourth-order valence-corrected chi connectivity index (χ4v) is 1.30. The number of furan rings is 1. The summed E-state index contributed by atoms with van der Waals surface area (Å²) in [4.78, 5) is 0. The maximum atomic E-state index is 5.74. The van der Waals surface area contributed by atoms with Crippen molar-refractivity contribution in [3.63, 3.8) is 0 Å². The van der Waals surface area contributed by atoms with Gasteiger partial charge in [-0.3, -0.25) is 0 Å². The molecule has 1 aromatic heterocycles. The van der Waals surface area contributed by atoms with Crippen LogP contribution in [0.15, 0.2) is 34.7 Å². The molecule has 3 nitrogen and oxygen atoms in total. The van der Waals surface area contributed by atoms with Gasteiger partial charge in [0.15, 0.2) is 0 Å². The topological polar surface area (TPSA) is 65.2 Å². The van der Waals surface area contributed by atoms with Crippen LogP contribution in [-0.4, -0.2) is 6.54 Å². The molecule has 0 bridgehead atoms. The van der Waals surface area contributed by atoms with Gasteiger partial charge in [-0.1, -0.05) is 18.2 Å². The second-order valence-electron chi connectivity index (χ2n) is 3.03. The summed E-state index contributed by atoms with van der Waals surface area (Å²) < 4.78 is 5.52. The first kappa shape index (κ1) is 8.29. The van der Waals surface area contributed by atoms with Gasteiger partial charge >= 0.3 is 0 Å². The van der Waals surface area contributed by atoms with Gasteiger partial charge in [-0.2, -0.15) is 0 Å². The molecule has 1 heterocycles. The second kappa shape index (κ2) is 3.20. The molecule has 0 radical (unpaired) electrons. The largest absolute Gasteiger partial charge is 0.459 e. The van der Waals surface area contributed by atoms with Crippen LogP contribution < -0.4 is 11.5 Å². The van der Waals surface area contributed by atoms with Crippen molar-refractivity contribution in [2.75, 3.05) is 6.54 Å². The summed E-state index contributed by atoms with van der Waals surface area (Å²) in [5.41, 5.74) is 12.0. The Balaban J connectivity index is 2.49. The Morgan fingerprint density at radius 2 is 2.08 bits per heavy atom. The van der Waals surface area contributed by atoms with Crippen LogP contribution in [-0.2, 0) is 0 Å². The van der Waals surface area contributed by atoms with E-state index in [1.54, 1.807) is 0 Å². The van der Waals surface area contributed by atoms with Gasteiger partial charge in [0.05, 0.1) is 6.04 Å². The third-order valence-corrected chi connectivity index (χ3v) is 2.06. The van der Waals surface area contributed by atoms with E-state index in [2.05, 4.69) is 0 Å². The van der Waals surface area contributed by atoms with Crippen LogP contribution in [0.25, 0.3) is 11.0 Å². The van der Waals surface area contributed by atoms with Crippen molar-refractivity contribution >= 4 is 11.0 Å². The molecule has 2 aromatic rings. The van der Waals surface area contributed by atoms with Crippen LogP contribution in [0.1, 0.15) is 11.8 Å². The molecule has 3 heteroatoms. The van der Waals surface area contributed by atoms with E-state index in [4.69, 9.17) is 15.9 Å². The molecule has 2 rings (SSSR count). The molecular formula is C10H12N2O. The zero-order valence-electron chi connectivity index (χ0n) is 7.23. The number of fused-ring (bicyclic) bond motifs is 1. The van der Waals surface area contributed by atoms with Gasteiger partial charge < -0.3 is 15.9 Å². The highest BCUT2D eigenvalue weighted by atomic mass is 16.3. The maximum absolute atomic E-state index is 5.74. The molecule has 0 aliphatic carbocycles. The van der Waals surface area contributed by atoms with Crippen LogP contribution in [0, 0.1) is 0 Å². The van der Waals surface area contributed by atoms with Gasteiger partial charge in [-0.05, 0) is 12.1 Å². The number of para-hydroxylation sites is 1. The van der Waals surface area contributed by atoms with Gasteiger partial charge in [0, 0.05) is 11.9 Å². The second-order valence-corrected chi connectivity index (χ2v) is 3.03. The smallest absolute Gasteiger partial charge is 0.134 e. The van der Waals surface area contributed by atoms with E-state index < -0.39 is 0 Å². The van der Waals surface area contributed by atoms with E-state index in [-0.39, 0.29) is 6.04 Å². The third kappa shape index (κ3) is 1.43. The van der Waals surface area contributed by atoms with Crippen molar-refractivity contribution in [2.24, 2.45) is 11.5 Å². The van der Waals surface area contributed by atoms with Crippen LogP contribution in [0.4, 0.5) is 0 Å². The SMILES string of the molecule is NCC(N)c1cc2ccccc2o1. The van der Waals surface area contributed by atoms with Crippen molar-refractivity contribution in [1.82, 2.24) is 0 Å². The van der Waals surface area contributed by atoms with Crippen molar-refractivity contribution in [2.45, 2.75) is 6.04 Å². The molecule has 1 atom stereocenters. The monoisotopic (exact) mass is 176 g/mol. The lowest BCUT2D eigenvalue weighted by Gasteiger charge is -2.02. The molecular weight excluding hydrogens is 164 g/mol. The quantitative estimate of drug-likeness (QED) is 0.726. The minimum atomic E-state index is -0.201. The number of nitrogens with two attached hydrogens (primary N) is 2. The highest BCUT2D eigenvalue weighted by Crippen LogP contribution is 2.21. The normalized spacial score (nSPS) is 13.4. The van der Waals surface area contributed by atoms with Gasteiger partial charge in [-0.15, -0.1) is 0 Å². The average Bonchev–Trinajstić information content (AvgIpc) is 2.59. The number of hydrogen-bond donors (Lipinski definition) is 2. The first-order valence-electron chi connectivity index (χ1n) is 4.25. The standard InChI is InChI=1S/C10H12N2O/c11-6-8(12)10-5-7-3-1-2-4-9(7)13-10/h1-5,8H,6,11-12H2. The van der Waals surface area contributed by atoms with Crippen LogP contribution >= 0.6 is 0 Å². The van der Waals surface area contributed by atoms with E-state index in [9.17, 15) is 0 Å². The first-order chi connectivity index (χ1) is 6.31. The minimum absolute atomic E-state index is 0.201. The fourth-order valence-electron chi connectivity index (χ4n) is 1.30. The van der Waals surface area contributed by atoms with Crippen LogP contribution in [0.5, 0.6) is 0 Å². The van der Waals surface area contributed by atoms with Crippen LogP contribution in [0.3, 0.4) is 0 Å². The molecule has 4 N–H and O–H groups in total. The van der Waals surface area contributed by atoms with Crippen molar-refractivity contribution in [3.05, 3.63) is 36.1 Å². The Hall–Kier alpha value is -1.32. The molecule has 13 heavy (non-hydrogen) atoms. The summed E-state index contributed by atoms with van der Waals surface area (Å²) in [7, 11) is 0. The summed E-state index contributed by atoms with van der Waals surface area (Å²) in [5, 5.41) is 1.07. The van der Waals surface area contributed by atoms with E-state index in [0.29, 0.717) is 6.54 Å². The van der Waals surface area contributed by atoms with Gasteiger partial charge in [0.25, 0.3) is 0 Å². The Labute approximate surface area is 76.3 Å². The maximum Gasteiger partial charge on any atom is 0.134 e. The fraction of sp³-hybridized carbons (Fsp3) is 0.200. The van der Waals surface area contributed by atoms with Gasteiger partial charge in [-0.25, -0.2) is 0 Å². The lowest BCUT2D eigenvalue weighted by atomic mass is 10.2. The molecule has 1 aromatic carbocycles. The Bertz CT molecular complexity index is 375. The molecule has 1 unspecified atom stereocenters. The minimum Gasteiger partial charge on any atom is -0.459 e.